The molecule has 1 aliphatic carbocycles. The van der Waals surface area contributed by atoms with Crippen LogP contribution in [0.25, 0.3) is 0 Å². The minimum absolute atomic E-state index is 0.0412. The van der Waals surface area contributed by atoms with Crippen LogP contribution in [0.2, 0.25) is 0 Å². The molecule has 0 spiro atoms. The van der Waals surface area contributed by atoms with Crippen LogP contribution in [-0.2, 0) is 4.79 Å². The fraction of sp³-hybridized carbons (Fsp3) is 0.417. The van der Waals surface area contributed by atoms with E-state index in [9.17, 15) is 13.6 Å². The highest BCUT2D eigenvalue weighted by molar-refractivity contribution is 9.10. The zero-order valence-corrected chi connectivity index (χ0v) is 11.1. The predicted octanol–water partition coefficient (Wildman–Crippen LogP) is 2.79. The highest BCUT2D eigenvalue weighted by atomic mass is 79.9. The Morgan fingerprint density at radius 2 is 2.11 bits per heavy atom. The van der Waals surface area contributed by atoms with E-state index in [-0.39, 0.29) is 28.0 Å². The van der Waals surface area contributed by atoms with E-state index in [0.29, 0.717) is 6.42 Å². The Morgan fingerprint density at radius 1 is 1.39 bits per heavy atom. The van der Waals surface area contributed by atoms with Crippen LogP contribution in [0.4, 0.5) is 14.5 Å². The highest BCUT2D eigenvalue weighted by Crippen LogP contribution is 2.30. The molecule has 3 nitrogen and oxygen atoms in total. The van der Waals surface area contributed by atoms with Gasteiger partial charge in [0.2, 0.25) is 5.91 Å². The van der Waals surface area contributed by atoms with Gasteiger partial charge in [-0.25, -0.2) is 8.78 Å². The number of nitrogens with one attached hydrogen (secondary N) is 1. The molecule has 1 aromatic carbocycles. The molecule has 1 aromatic rings. The molecule has 2 atom stereocenters. The molecule has 1 saturated carbocycles. The summed E-state index contributed by atoms with van der Waals surface area (Å²) in [6.45, 7) is 0. The summed E-state index contributed by atoms with van der Waals surface area (Å²) in [6, 6.07) is 1.65. The van der Waals surface area contributed by atoms with Crippen molar-refractivity contribution in [2.24, 2.45) is 11.7 Å². The van der Waals surface area contributed by atoms with Crippen LogP contribution in [0.5, 0.6) is 0 Å². The molecule has 0 aromatic heterocycles. The van der Waals surface area contributed by atoms with Crippen molar-refractivity contribution in [2.75, 3.05) is 5.32 Å². The maximum absolute atomic E-state index is 13.5. The van der Waals surface area contributed by atoms with E-state index in [1.165, 1.54) is 0 Å². The van der Waals surface area contributed by atoms with Crippen molar-refractivity contribution in [3.8, 4) is 0 Å². The second kappa shape index (κ2) is 5.32. The summed E-state index contributed by atoms with van der Waals surface area (Å²) in [6.07, 6.45) is 2.39. The molecule has 98 valence electrons. The van der Waals surface area contributed by atoms with E-state index >= 15 is 0 Å². The first-order chi connectivity index (χ1) is 8.49. The van der Waals surface area contributed by atoms with Gasteiger partial charge in [0.1, 0.15) is 5.82 Å². The second-order valence-corrected chi connectivity index (χ2v) is 5.29. The van der Waals surface area contributed by atoms with Gasteiger partial charge in [0, 0.05) is 16.6 Å². The summed E-state index contributed by atoms with van der Waals surface area (Å²) in [5, 5.41) is 2.47. The average molecular weight is 319 g/mol. The lowest BCUT2D eigenvalue weighted by Gasteiger charge is -2.16. The molecule has 18 heavy (non-hydrogen) atoms. The van der Waals surface area contributed by atoms with Gasteiger partial charge in [-0.1, -0.05) is 6.42 Å². The minimum atomic E-state index is -0.804. The summed E-state index contributed by atoms with van der Waals surface area (Å²) in [4.78, 5) is 11.9. The van der Waals surface area contributed by atoms with Gasteiger partial charge in [-0.3, -0.25) is 4.79 Å². The zero-order valence-electron chi connectivity index (χ0n) is 9.55. The van der Waals surface area contributed by atoms with Crippen LogP contribution < -0.4 is 11.1 Å². The zero-order chi connectivity index (χ0) is 13.3. The smallest absolute Gasteiger partial charge is 0.229 e. The number of amides is 1. The van der Waals surface area contributed by atoms with Crippen LogP contribution in [-0.4, -0.2) is 11.9 Å². The molecular formula is C12H13BrF2N2O. The number of carbonyl (C=O) groups is 1. The molecule has 1 amide bonds. The molecule has 0 heterocycles. The largest absolute Gasteiger partial charge is 0.327 e. The summed E-state index contributed by atoms with van der Waals surface area (Å²) in [5.74, 6) is -2.12. The van der Waals surface area contributed by atoms with Gasteiger partial charge >= 0.3 is 0 Å². The predicted molar refractivity (Wildman–Crippen MR) is 68.0 cm³/mol. The first-order valence-corrected chi connectivity index (χ1v) is 6.49. The third-order valence-corrected chi connectivity index (χ3v) is 3.79. The van der Waals surface area contributed by atoms with Crippen LogP contribution >= 0.6 is 15.9 Å². The molecule has 6 heteroatoms. The Hall–Kier alpha value is -1.01. The first kappa shape index (κ1) is 13.4. The molecule has 2 unspecified atom stereocenters. The van der Waals surface area contributed by atoms with Crippen LogP contribution in [0.3, 0.4) is 0 Å². The maximum Gasteiger partial charge on any atom is 0.229 e. The fourth-order valence-electron chi connectivity index (χ4n) is 2.19. The number of rotatable bonds is 2. The van der Waals surface area contributed by atoms with E-state index < -0.39 is 11.6 Å². The molecule has 1 fully saturated rings. The monoisotopic (exact) mass is 318 g/mol. The van der Waals surface area contributed by atoms with Crippen LogP contribution in [0, 0.1) is 17.6 Å². The third-order valence-electron chi connectivity index (χ3n) is 3.16. The lowest BCUT2D eigenvalue weighted by atomic mass is 10.0. The SMILES string of the molecule is NC1CCCC1C(=O)Nc1c(F)cc(F)cc1Br. The molecule has 3 N–H and O–H groups in total. The molecular weight excluding hydrogens is 306 g/mol. The highest BCUT2D eigenvalue weighted by Gasteiger charge is 2.31. The fourth-order valence-corrected chi connectivity index (χ4v) is 2.70. The first-order valence-electron chi connectivity index (χ1n) is 5.70. The summed E-state index contributed by atoms with van der Waals surface area (Å²) < 4.78 is 26.6. The lowest BCUT2D eigenvalue weighted by molar-refractivity contribution is -0.120. The van der Waals surface area contributed by atoms with Gasteiger partial charge in [-0.05, 0) is 34.8 Å². The standard InChI is InChI=1S/C12H13BrF2N2O/c13-8-4-6(14)5-9(15)11(8)17-12(18)7-2-1-3-10(7)16/h4-5,7,10H,1-3,16H2,(H,17,18). The van der Waals surface area contributed by atoms with Gasteiger partial charge in [-0.15, -0.1) is 0 Å². The molecule has 2 rings (SSSR count). The van der Waals surface area contributed by atoms with Crippen molar-refractivity contribution in [3.63, 3.8) is 0 Å². The van der Waals surface area contributed by atoms with Crippen LogP contribution in [0.1, 0.15) is 19.3 Å². The Bertz CT molecular complexity index is 458. The quantitative estimate of drug-likeness (QED) is 0.881. The summed E-state index contributed by atoms with van der Waals surface area (Å²) in [7, 11) is 0. The van der Waals surface area contributed by atoms with E-state index in [0.717, 1.165) is 25.0 Å². The second-order valence-electron chi connectivity index (χ2n) is 4.43. The number of halogens is 3. The third kappa shape index (κ3) is 2.70. The Morgan fingerprint density at radius 3 is 2.67 bits per heavy atom. The molecule has 1 aliphatic rings. The van der Waals surface area contributed by atoms with Gasteiger partial charge in [0.25, 0.3) is 0 Å². The maximum atomic E-state index is 13.5. The van der Waals surface area contributed by atoms with Gasteiger partial charge in [0.05, 0.1) is 11.6 Å². The van der Waals surface area contributed by atoms with E-state index in [1.807, 2.05) is 0 Å². The molecule has 0 aliphatic heterocycles. The van der Waals surface area contributed by atoms with Crippen LogP contribution in [0.15, 0.2) is 16.6 Å². The summed E-state index contributed by atoms with van der Waals surface area (Å²) in [5.41, 5.74) is 5.77. The number of anilines is 1. The van der Waals surface area contributed by atoms with Gasteiger partial charge in [-0.2, -0.15) is 0 Å². The normalized spacial score (nSPS) is 23.1. The Labute approximate surface area is 112 Å². The Balaban J connectivity index is 2.17. The number of benzene rings is 1. The summed E-state index contributed by atoms with van der Waals surface area (Å²) >= 11 is 3.02. The van der Waals surface area contributed by atoms with Crippen molar-refractivity contribution in [1.82, 2.24) is 0 Å². The number of carbonyl (C=O) groups excluding carboxylic acids is 1. The molecule has 0 bridgehead atoms. The van der Waals surface area contributed by atoms with Crippen molar-refractivity contribution < 1.29 is 13.6 Å². The van der Waals surface area contributed by atoms with Gasteiger partial charge < -0.3 is 11.1 Å². The van der Waals surface area contributed by atoms with Crippen molar-refractivity contribution in [3.05, 3.63) is 28.2 Å². The van der Waals surface area contributed by atoms with Crippen molar-refractivity contribution in [2.45, 2.75) is 25.3 Å². The minimum Gasteiger partial charge on any atom is -0.327 e. The Kier molecular flexibility index (Phi) is 3.97. The topological polar surface area (TPSA) is 55.1 Å². The van der Waals surface area contributed by atoms with Crippen molar-refractivity contribution in [1.29, 1.82) is 0 Å². The van der Waals surface area contributed by atoms with E-state index in [4.69, 9.17) is 5.73 Å². The number of hydrogen-bond acceptors (Lipinski definition) is 2. The molecule has 0 radical (unpaired) electrons. The van der Waals surface area contributed by atoms with Crippen molar-refractivity contribution >= 4 is 27.5 Å². The average Bonchev–Trinajstić information content (AvgIpc) is 2.69. The lowest BCUT2D eigenvalue weighted by Crippen LogP contribution is -2.34. The van der Waals surface area contributed by atoms with E-state index in [2.05, 4.69) is 21.2 Å². The molecule has 0 saturated heterocycles. The number of hydrogen-bond donors (Lipinski definition) is 2. The van der Waals surface area contributed by atoms with E-state index in [1.54, 1.807) is 0 Å². The number of nitrogens with two attached hydrogens (primary N) is 1. The van der Waals surface area contributed by atoms with Gasteiger partial charge in [0.15, 0.2) is 5.82 Å².